The van der Waals surface area contributed by atoms with Crippen LogP contribution >= 0.6 is 0 Å². The molecule has 1 aliphatic heterocycles. The van der Waals surface area contributed by atoms with Crippen LogP contribution in [0.1, 0.15) is 28.0 Å². The van der Waals surface area contributed by atoms with Crippen molar-refractivity contribution in [1.82, 2.24) is 19.4 Å². The number of pyridine rings is 1. The molecular formula is C22H21F3N4O3. The highest BCUT2D eigenvalue weighted by atomic mass is 19.4. The third kappa shape index (κ3) is 4.39. The third-order valence-corrected chi connectivity index (χ3v) is 5.17. The van der Waals surface area contributed by atoms with Gasteiger partial charge < -0.3 is 14.4 Å². The number of imidazole rings is 1. The number of amides is 1. The number of hydrogen-bond acceptors (Lipinski definition) is 5. The minimum absolute atomic E-state index is 0.176. The van der Waals surface area contributed by atoms with Gasteiger partial charge in [-0.15, -0.1) is 0 Å². The van der Waals surface area contributed by atoms with Crippen LogP contribution in [0.5, 0.6) is 11.5 Å². The molecule has 1 atom stereocenters. The standard InChI is InChI=1S/C22H21F3N4O3/c1-14-11-29(13-27-14)20-19(31-2)9-15(10-26-20)21(30)28-8-7-16(12-28)32-18-6-4-3-5-17(18)22(23,24)25/h3-6,9-11,13,16H,7-8,12H2,1-2H3/t16-/m1/s1. The molecule has 0 saturated carbocycles. The highest BCUT2D eigenvalue weighted by Crippen LogP contribution is 2.37. The number of methoxy groups -OCH3 is 1. The topological polar surface area (TPSA) is 69.5 Å². The molecule has 3 heterocycles. The van der Waals surface area contributed by atoms with Gasteiger partial charge in [0, 0.05) is 25.4 Å². The van der Waals surface area contributed by atoms with E-state index in [1.165, 1.54) is 31.5 Å². The van der Waals surface area contributed by atoms with Crippen LogP contribution in [0.4, 0.5) is 13.2 Å². The van der Waals surface area contributed by atoms with Gasteiger partial charge in [-0.05, 0) is 25.1 Å². The summed E-state index contributed by atoms with van der Waals surface area (Å²) in [5.41, 5.74) is 0.298. The summed E-state index contributed by atoms with van der Waals surface area (Å²) in [6, 6.07) is 6.67. The maximum absolute atomic E-state index is 13.2. The Hall–Kier alpha value is -3.56. The van der Waals surface area contributed by atoms with E-state index in [1.54, 1.807) is 28.1 Å². The molecule has 1 aromatic carbocycles. The Balaban J connectivity index is 1.48. The van der Waals surface area contributed by atoms with Gasteiger partial charge in [0.2, 0.25) is 0 Å². The number of carbonyl (C=O) groups is 1. The Morgan fingerprint density at radius 2 is 1.97 bits per heavy atom. The summed E-state index contributed by atoms with van der Waals surface area (Å²) in [6.45, 7) is 2.39. The number of rotatable bonds is 5. The molecule has 10 heteroatoms. The number of halogens is 3. The van der Waals surface area contributed by atoms with E-state index in [2.05, 4.69) is 9.97 Å². The largest absolute Gasteiger partial charge is 0.493 e. The Kier molecular flexibility index (Phi) is 5.77. The first-order valence-electron chi connectivity index (χ1n) is 9.93. The minimum atomic E-state index is -4.51. The molecule has 0 N–H and O–H groups in total. The second kappa shape index (κ2) is 8.52. The second-order valence-corrected chi connectivity index (χ2v) is 7.45. The maximum atomic E-state index is 13.2. The van der Waals surface area contributed by atoms with Crippen molar-refractivity contribution < 1.29 is 27.4 Å². The lowest BCUT2D eigenvalue weighted by Gasteiger charge is -2.19. The number of likely N-dealkylation sites (tertiary alicyclic amines) is 1. The highest BCUT2D eigenvalue weighted by molar-refractivity contribution is 5.94. The van der Waals surface area contributed by atoms with Crippen LogP contribution < -0.4 is 9.47 Å². The van der Waals surface area contributed by atoms with Gasteiger partial charge in [-0.2, -0.15) is 13.2 Å². The second-order valence-electron chi connectivity index (χ2n) is 7.45. The maximum Gasteiger partial charge on any atom is 0.419 e. The molecule has 0 aliphatic carbocycles. The van der Waals surface area contributed by atoms with Crippen molar-refractivity contribution in [2.24, 2.45) is 0 Å². The number of hydrogen-bond donors (Lipinski definition) is 0. The summed E-state index contributed by atoms with van der Waals surface area (Å²) in [5.74, 6) is 0.373. The van der Waals surface area contributed by atoms with E-state index in [4.69, 9.17) is 9.47 Å². The Morgan fingerprint density at radius 3 is 2.66 bits per heavy atom. The smallest absolute Gasteiger partial charge is 0.419 e. The van der Waals surface area contributed by atoms with Crippen LogP contribution in [0.2, 0.25) is 0 Å². The predicted molar refractivity (Wildman–Crippen MR) is 109 cm³/mol. The summed E-state index contributed by atoms with van der Waals surface area (Å²) in [7, 11) is 1.48. The summed E-state index contributed by atoms with van der Waals surface area (Å²) in [5, 5.41) is 0. The van der Waals surface area contributed by atoms with Crippen molar-refractivity contribution in [2.45, 2.75) is 25.6 Å². The fraction of sp³-hybridized carbons (Fsp3) is 0.318. The molecule has 168 valence electrons. The fourth-order valence-electron chi connectivity index (χ4n) is 3.61. The van der Waals surface area contributed by atoms with Gasteiger partial charge in [-0.1, -0.05) is 12.1 Å². The number of benzene rings is 1. The molecule has 1 aliphatic rings. The summed E-state index contributed by atoms with van der Waals surface area (Å²) < 4.78 is 52.3. The van der Waals surface area contributed by atoms with Gasteiger partial charge >= 0.3 is 6.18 Å². The van der Waals surface area contributed by atoms with E-state index >= 15 is 0 Å². The lowest BCUT2D eigenvalue weighted by Crippen LogP contribution is -2.31. The van der Waals surface area contributed by atoms with Gasteiger partial charge in [-0.25, -0.2) is 9.97 Å². The molecule has 0 bridgehead atoms. The number of ether oxygens (including phenoxy) is 2. The minimum Gasteiger partial charge on any atom is -0.493 e. The number of aromatic nitrogens is 3. The van der Waals surface area contributed by atoms with E-state index in [9.17, 15) is 18.0 Å². The predicted octanol–water partition coefficient (Wildman–Crippen LogP) is 3.90. The molecule has 1 amide bonds. The van der Waals surface area contributed by atoms with Gasteiger partial charge in [0.05, 0.1) is 30.5 Å². The molecule has 0 unspecified atom stereocenters. The molecule has 32 heavy (non-hydrogen) atoms. The van der Waals surface area contributed by atoms with E-state index in [0.717, 1.165) is 11.8 Å². The quantitative estimate of drug-likeness (QED) is 0.595. The SMILES string of the molecule is COc1cc(C(=O)N2CC[C@@H](Oc3ccccc3C(F)(F)F)C2)cnc1-n1cnc(C)c1. The number of aryl methyl sites for hydroxylation is 1. The van der Waals surface area contributed by atoms with Crippen LogP contribution in [0, 0.1) is 6.92 Å². The lowest BCUT2D eigenvalue weighted by molar-refractivity contribution is -0.139. The number of para-hydroxylation sites is 1. The molecule has 7 nitrogen and oxygen atoms in total. The molecular weight excluding hydrogens is 425 g/mol. The van der Waals surface area contributed by atoms with E-state index in [0.29, 0.717) is 30.1 Å². The normalized spacial score (nSPS) is 16.3. The Labute approximate surface area is 182 Å². The zero-order valence-electron chi connectivity index (χ0n) is 17.5. The van der Waals surface area contributed by atoms with Crippen molar-refractivity contribution in [2.75, 3.05) is 20.2 Å². The van der Waals surface area contributed by atoms with Gasteiger partial charge in [-0.3, -0.25) is 9.36 Å². The first kappa shape index (κ1) is 21.7. The van der Waals surface area contributed by atoms with Crippen molar-refractivity contribution in [3.8, 4) is 17.3 Å². The highest BCUT2D eigenvalue weighted by Gasteiger charge is 2.36. The van der Waals surface area contributed by atoms with Crippen molar-refractivity contribution in [3.63, 3.8) is 0 Å². The van der Waals surface area contributed by atoms with Gasteiger partial charge in [0.25, 0.3) is 5.91 Å². The zero-order chi connectivity index (χ0) is 22.9. The Bertz CT molecular complexity index is 1130. The van der Waals surface area contributed by atoms with Crippen LogP contribution in [-0.2, 0) is 6.18 Å². The number of alkyl halides is 3. The lowest BCUT2D eigenvalue weighted by atomic mass is 10.2. The molecule has 3 aromatic rings. The summed E-state index contributed by atoms with van der Waals surface area (Å²) in [4.78, 5) is 23.0. The first-order chi connectivity index (χ1) is 15.3. The third-order valence-electron chi connectivity index (χ3n) is 5.17. The average Bonchev–Trinajstić information content (AvgIpc) is 3.41. The molecule has 0 radical (unpaired) electrons. The molecule has 2 aromatic heterocycles. The molecule has 1 saturated heterocycles. The van der Waals surface area contributed by atoms with Crippen molar-refractivity contribution in [3.05, 3.63) is 65.9 Å². The summed E-state index contributed by atoms with van der Waals surface area (Å²) in [6.07, 6.45) is 0.210. The average molecular weight is 446 g/mol. The van der Waals surface area contributed by atoms with E-state index in [1.807, 2.05) is 6.92 Å². The van der Waals surface area contributed by atoms with Crippen LogP contribution in [0.25, 0.3) is 5.82 Å². The summed E-state index contributed by atoms with van der Waals surface area (Å²) >= 11 is 0. The van der Waals surface area contributed by atoms with Gasteiger partial charge in [0.15, 0.2) is 11.6 Å². The van der Waals surface area contributed by atoms with Crippen molar-refractivity contribution >= 4 is 5.91 Å². The monoisotopic (exact) mass is 446 g/mol. The molecule has 4 rings (SSSR count). The van der Waals surface area contributed by atoms with Gasteiger partial charge in [0.1, 0.15) is 18.2 Å². The number of carbonyl (C=O) groups excluding carboxylic acids is 1. The Morgan fingerprint density at radius 1 is 1.19 bits per heavy atom. The number of nitrogens with zero attached hydrogens (tertiary/aromatic N) is 4. The zero-order valence-corrected chi connectivity index (χ0v) is 17.5. The molecule has 1 fully saturated rings. The molecule has 0 spiro atoms. The van der Waals surface area contributed by atoms with Crippen molar-refractivity contribution in [1.29, 1.82) is 0 Å². The van der Waals surface area contributed by atoms with Crippen LogP contribution in [0.15, 0.2) is 49.1 Å². The van der Waals surface area contributed by atoms with E-state index < -0.39 is 17.8 Å². The fourth-order valence-corrected chi connectivity index (χ4v) is 3.61. The van der Waals surface area contributed by atoms with Crippen LogP contribution in [0.3, 0.4) is 0 Å². The van der Waals surface area contributed by atoms with E-state index in [-0.39, 0.29) is 18.2 Å². The first-order valence-corrected chi connectivity index (χ1v) is 9.93. The van der Waals surface area contributed by atoms with Crippen LogP contribution in [-0.4, -0.2) is 51.6 Å².